The molecule has 1 N–H and O–H groups in total. The monoisotopic (exact) mass is 389 g/mol. The van der Waals surface area contributed by atoms with Crippen molar-refractivity contribution in [3.8, 4) is 17.2 Å². The van der Waals surface area contributed by atoms with Gasteiger partial charge in [-0.3, -0.25) is 4.79 Å². The SMILES string of the molecule is COc1ccc(/C=C/C(=O)Nc2ccc(OCCOc3ccccc3)cc2)cc1. The summed E-state index contributed by atoms with van der Waals surface area (Å²) in [6.07, 6.45) is 3.24. The first-order valence-corrected chi connectivity index (χ1v) is 9.27. The molecule has 5 nitrogen and oxygen atoms in total. The third kappa shape index (κ3) is 6.74. The maximum absolute atomic E-state index is 12.1. The summed E-state index contributed by atoms with van der Waals surface area (Å²) in [5.74, 6) is 2.11. The van der Waals surface area contributed by atoms with Crippen LogP contribution in [0.4, 0.5) is 5.69 Å². The van der Waals surface area contributed by atoms with E-state index in [9.17, 15) is 4.79 Å². The zero-order chi connectivity index (χ0) is 20.3. The topological polar surface area (TPSA) is 56.8 Å². The summed E-state index contributed by atoms with van der Waals surface area (Å²) in [7, 11) is 1.62. The first-order valence-electron chi connectivity index (χ1n) is 9.27. The number of para-hydroxylation sites is 1. The van der Waals surface area contributed by atoms with Gasteiger partial charge in [-0.2, -0.15) is 0 Å². The molecule has 0 heterocycles. The van der Waals surface area contributed by atoms with Gasteiger partial charge in [0.25, 0.3) is 0 Å². The molecule has 0 aromatic heterocycles. The van der Waals surface area contributed by atoms with Crippen LogP contribution in [-0.2, 0) is 4.79 Å². The highest BCUT2D eigenvalue weighted by atomic mass is 16.5. The van der Waals surface area contributed by atoms with Crippen molar-refractivity contribution in [3.63, 3.8) is 0 Å². The lowest BCUT2D eigenvalue weighted by molar-refractivity contribution is -0.111. The Kier molecular flexibility index (Phi) is 7.29. The van der Waals surface area contributed by atoms with Crippen molar-refractivity contribution in [1.29, 1.82) is 0 Å². The van der Waals surface area contributed by atoms with Gasteiger partial charge in [0.1, 0.15) is 30.5 Å². The quantitative estimate of drug-likeness (QED) is 0.422. The minimum absolute atomic E-state index is 0.203. The summed E-state index contributed by atoms with van der Waals surface area (Å²) in [4.78, 5) is 12.1. The fourth-order valence-electron chi connectivity index (χ4n) is 2.54. The lowest BCUT2D eigenvalue weighted by Crippen LogP contribution is -2.09. The number of benzene rings is 3. The van der Waals surface area contributed by atoms with E-state index in [-0.39, 0.29) is 5.91 Å². The summed E-state index contributed by atoms with van der Waals surface area (Å²) in [5, 5.41) is 2.82. The van der Waals surface area contributed by atoms with Crippen LogP contribution in [0.25, 0.3) is 6.08 Å². The highest BCUT2D eigenvalue weighted by Gasteiger charge is 2.00. The van der Waals surface area contributed by atoms with Crippen LogP contribution in [-0.4, -0.2) is 26.2 Å². The molecule has 148 valence electrons. The first kappa shape index (κ1) is 20.0. The fourth-order valence-corrected chi connectivity index (χ4v) is 2.54. The Morgan fingerprint density at radius 1 is 0.793 bits per heavy atom. The Morgan fingerprint density at radius 2 is 1.38 bits per heavy atom. The van der Waals surface area contributed by atoms with E-state index in [1.165, 1.54) is 6.08 Å². The second kappa shape index (κ2) is 10.6. The van der Waals surface area contributed by atoms with Crippen LogP contribution in [0.3, 0.4) is 0 Å². The average molecular weight is 389 g/mol. The van der Waals surface area contributed by atoms with Gasteiger partial charge < -0.3 is 19.5 Å². The molecule has 3 aromatic rings. The Labute approximate surface area is 170 Å². The van der Waals surface area contributed by atoms with Crippen LogP contribution in [0.2, 0.25) is 0 Å². The molecule has 1 amide bonds. The summed E-state index contributed by atoms with van der Waals surface area (Å²) in [6.45, 7) is 0.893. The zero-order valence-corrected chi connectivity index (χ0v) is 16.2. The molecular weight excluding hydrogens is 366 g/mol. The maximum atomic E-state index is 12.1. The van der Waals surface area contributed by atoms with E-state index < -0.39 is 0 Å². The molecule has 0 unspecified atom stereocenters. The number of nitrogens with one attached hydrogen (secondary N) is 1. The molecule has 0 aliphatic rings. The third-order valence-electron chi connectivity index (χ3n) is 4.03. The smallest absolute Gasteiger partial charge is 0.248 e. The van der Waals surface area contributed by atoms with Crippen LogP contribution < -0.4 is 19.5 Å². The molecule has 0 fully saturated rings. The molecule has 0 spiro atoms. The van der Waals surface area contributed by atoms with Gasteiger partial charge in [0.15, 0.2) is 0 Å². The largest absolute Gasteiger partial charge is 0.497 e. The van der Waals surface area contributed by atoms with Gasteiger partial charge in [-0.25, -0.2) is 0 Å². The zero-order valence-electron chi connectivity index (χ0n) is 16.2. The van der Waals surface area contributed by atoms with E-state index in [2.05, 4.69) is 5.32 Å². The third-order valence-corrected chi connectivity index (χ3v) is 4.03. The number of carbonyl (C=O) groups is 1. The molecule has 0 saturated heterocycles. The Bertz CT molecular complexity index is 919. The van der Waals surface area contributed by atoms with Crippen LogP contribution in [0, 0.1) is 0 Å². The standard InChI is InChI=1S/C24H23NO4/c1-27-21-12-7-19(8-13-21)9-16-24(26)25-20-10-14-23(15-11-20)29-18-17-28-22-5-3-2-4-6-22/h2-16H,17-18H2,1H3,(H,25,26)/b16-9+. The molecule has 0 bridgehead atoms. The predicted molar refractivity (Wildman–Crippen MR) is 115 cm³/mol. The summed E-state index contributed by atoms with van der Waals surface area (Å²) < 4.78 is 16.3. The number of carbonyl (C=O) groups excluding carboxylic acids is 1. The number of amides is 1. The van der Waals surface area contributed by atoms with Crippen LogP contribution in [0.1, 0.15) is 5.56 Å². The van der Waals surface area contributed by atoms with E-state index in [0.29, 0.717) is 24.7 Å². The molecule has 0 aliphatic carbocycles. The van der Waals surface area contributed by atoms with Crippen molar-refractivity contribution in [2.75, 3.05) is 25.6 Å². The van der Waals surface area contributed by atoms with E-state index in [0.717, 1.165) is 17.1 Å². The number of rotatable bonds is 9. The minimum Gasteiger partial charge on any atom is -0.497 e. The van der Waals surface area contributed by atoms with Crippen molar-refractivity contribution in [1.82, 2.24) is 0 Å². The second-order valence-corrected chi connectivity index (χ2v) is 6.13. The molecule has 0 aliphatic heterocycles. The predicted octanol–water partition coefficient (Wildman–Crippen LogP) is 4.80. The summed E-state index contributed by atoms with van der Waals surface area (Å²) in [6, 6.07) is 24.3. The van der Waals surface area contributed by atoms with Crippen molar-refractivity contribution >= 4 is 17.7 Å². The molecule has 0 atom stereocenters. The average Bonchev–Trinajstić information content (AvgIpc) is 2.77. The molecule has 29 heavy (non-hydrogen) atoms. The lowest BCUT2D eigenvalue weighted by Gasteiger charge is -2.09. The van der Waals surface area contributed by atoms with Gasteiger partial charge in [-0.15, -0.1) is 0 Å². The number of methoxy groups -OCH3 is 1. The molecule has 5 heteroatoms. The molecule has 3 rings (SSSR count). The van der Waals surface area contributed by atoms with E-state index in [1.54, 1.807) is 25.3 Å². The molecule has 0 saturated carbocycles. The highest BCUT2D eigenvalue weighted by Crippen LogP contribution is 2.16. The van der Waals surface area contributed by atoms with E-state index in [1.807, 2.05) is 66.7 Å². The first-order chi connectivity index (χ1) is 14.2. The number of hydrogen-bond acceptors (Lipinski definition) is 4. The Morgan fingerprint density at radius 3 is 2.00 bits per heavy atom. The van der Waals surface area contributed by atoms with Crippen molar-refractivity contribution in [3.05, 3.63) is 90.5 Å². The number of hydrogen-bond donors (Lipinski definition) is 1. The van der Waals surface area contributed by atoms with Crippen molar-refractivity contribution in [2.24, 2.45) is 0 Å². The van der Waals surface area contributed by atoms with E-state index >= 15 is 0 Å². The van der Waals surface area contributed by atoms with Crippen LogP contribution >= 0.6 is 0 Å². The molecular formula is C24H23NO4. The summed E-state index contributed by atoms with van der Waals surface area (Å²) >= 11 is 0. The van der Waals surface area contributed by atoms with Gasteiger partial charge in [0.05, 0.1) is 7.11 Å². The second-order valence-electron chi connectivity index (χ2n) is 6.13. The Balaban J connectivity index is 1.42. The lowest BCUT2D eigenvalue weighted by atomic mass is 10.2. The normalized spacial score (nSPS) is 10.5. The fraction of sp³-hybridized carbons (Fsp3) is 0.125. The van der Waals surface area contributed by atoms with E-state index in [4.69, 9.17) is 14.2 Å². The van der Waals surface area contributed by atoms with Gasteiger partial charge in [0, 0.05) is 11.8 Å². The maximum Gasteiger partial charge on any atom is 0.248 e. The number of ether oxygens (including phenoxy) is 3. The highest BCUT2D eigenvalue weighted by molar-refractivity contribution is 6.01. The Hall–Kier alpha value is -3.73. The van der Waals surface area contributed by atoms with Crippen LogP contribution in [0.15, 0.2) is 84.9 Å². The van der Waals surface area contributed by atoms with Crippen molar-refractivity contribution < 1.29 is 19.0 Å². The number of anilines is 1. The minimum atomic E-state index is -0.203. The van der Waals surface area contributed by atoms with Gasteiger partial charge in [-0.1, -0.05) is 30.3 Å². The van der Waals surface area contributed by atoms with Crippen LogP contribution in [0.5, 0.6) is 17.2 Å². The summed E-state index contributed by atoms with van der Waals surface area (Å²) in [5.41, 5.74) is 1.62. The molecule has 0 radical (unpaired) electrons. The van der Waals surface area contributed by atoms with Crippen molar-refractivity contribution in [2.45, 2.75) is 0 Å². The van der Waals surface area contributed by atoms with Gasteiger partial charge in [0.2, 0.25) is 5.91 Å². The van der Waals surface area contributed by atoms with Gasteiger partial charge in [-0.05, 0) is 60.2 Å². The molecule has 3 aromatic carbocycles. The van der Waals surface area contributed by atoms with Gasteiger partial charge >= 0.3 is 0 Å².